The third kappa shape index (κ3) is 6.68. The molecule has 1 heterocycles. The van der Waals surface area contributed by atoms with E-state index in [0.29, 0.717) is 33.6 Å². The van der Waals surface area contributed by atoms with Gasteiger partial charge in [-0.1, -0.05) is 25.4 Å². The Kier molecular flexibility index (Phi) is 8.07. The van der Waals surface area contributed by atoms with E-state index in [0.717, 1.165) is 0 Å². The van der Waals surface area contributed by atoms with Crippen LogP contribution in [0.3, 0.4) is 0 Å². The third-order valence-corrected chi connectivity index (χ3v) is 5.18. The summed E-state index contributed by atoms with van der Waals surface area (Å²) in [6, 6.07) is 11.5. The van der Waals surface area contributed by atoms with E-state index in [9.17, 15) is 19.2 Å². The average Bonchev–Trinajstić information content (AvgIpc) is 2.76. The smallest absolute Gasteiger partial charge is 0.336 e. The highest BCUT2D eigenvalue weighted by Crippen LogP contribution is 2.22. The van der Waals surface area contributed by atoms with E-state index in [2.05, 4.69) is 10.6 Å². The maximum absolute atomic E-state index is 12.9. The molecule has 34 heavy (non-hydrogen) atoms. The Bertz CT molecular complexity index is 1270. The van der Waals surface area contributed by atoms with Gasteiger partial charge in [0, 0.05) is 46.3 Å². The van der Waals surface area contributed by atoms with Crippen LogP contribution in [0.4, 0.5) is 5.69 Å². The van der Waals surface area contributed by atoms with Gasteiger partial charge >= 0.3 is 11.6 Å². The summed E-state index contributed by atoms with van der Waals surface area (Å²) in [6.07, 6.45) is 0.371. The minimum Gasteiger partial charge on any atom is -0.459 e. The number of hydrogen-bond donors (Lipinski definition) is 2. The van der Waals surface area contributed by atoms with Gasteiger partial charge in [-0.25, -0.2) is 9.59 Å². The average molecular weight is 485 g/mol. The normalized spacial score (nSPS) is 11.8. The van der Waals surface area contributed by atoms with Crippen molar-refractivity contribution in [3.05, 3.63) is 75.1 Å². The number of halogens is 1. The van der Waals surface area contributed by atoms with Gasteiger partial charge in [-0.2, -0.15) is 0 Å². The lowest BCUT2D eigenvalue weighted by molar-refractivity contribution is -0.147. The minimum absolute atomic E-state index is 0.111. The van der Waals surface area contributed by atoms with Crippen molar-refractivity contribution >= 4 is 46.0 Å². The second kappa shape index (κ2) is 11.0. The van der Waals surface area contributed by atoms with Gasteiger partial charge in [0.05, 0.1) is 0 Å². The molecule has 0 aliphatic rings. The summed E-state index contributed by atoms with van der Waals surface area (Å²) in [5.74, 6) is -1.19. The lowest BCUT2D eigenvalue weighted by Gasteiger charge is -2.19. The summed E-state index contributed by atoms with van der Waals surface area (Å²) in [5, 5.41) is 6.40. The Morgan fingerprint density at radius 1 is 1.06 bits per heavy atom. The number of fused-ring (bicyclic) bond motifs is 1. The number of carbonyl (C=O) groups is 3. The van der Waals surface area contributed by atoms with Crippen molar-refractivity contribution in [2.75, 3.05) is 5.32 Å². The quantitative estimate of drug-likeness (QED) is 0.364. The van der Waals surface area contributed by atoms with Crippen LogP contribution in [0.25, 0.3) is 11.0 Å². The Balaban J connectivity index is 1.76. The maximum Gasteiger partial charge on any atom is 0.336 e. The van der Waals surface area contributed by atoms with E-state index in [1.165, 1.54) is 19.1 Å². The number of carbonyl (C=O) groups excluding carboxylic acids is 3. The highest BCUT2D eigenvalue weighted by molar-refractivity contribution is 6.30. The summed E-state index contributed by atoms with van der Waals surface area (Å²) in [5.41, 5.74) is 0.918. The van der Waals surface area contributed by atoms with E-state index in [4.69, 9.17) is 20.8 Å². The molecular weight excluding hydrogens is 460 g/mol. The molecule has 178 valence electrons. The van der Waals surface area contributed by atoms with Crippen molar-refractivity contribution in [2.24, 2.45) is 5.92 Å². The maximum atomic E-state index is 12.9. The standard InChI is InChI=1S/C25H25ClN2O6/c1-14(2)10-21(28-24(31)16-4-6-18(26)7-5-16)25(32)33-13-17-11-23(30)34-22-12-19(27-15(3)29)8-9-20(17)22/h4-9,11-12,14,21H,10,13H2,1-3H3,(H,27,29)(H,28,31)/t21-/m1/s1. The second-order valence-corrected chi connectivity index (χ2v) is 8.69. The van der Waals surface area contributed by atoms with Crippen molar-refractivity contribution in [2.45, 2.75) is 39.8 Å². The van der Waals surface area contributed by atoms with E-state index < -0.39 is 23.5 Å². The molecule has 0 aliphatic carbocycles. The topological polar surface area (TPSA) is 115 Å². The van der Waals surface area contributed by atoms with Crippen molar-refractivity contribution in [1.29, 1.82) is 0 Å². The first-order valence-corrected chi connectivity index (χ1v) is 11.1. The fourth-order valence-corrected chi connectivity index (χ4v) is 3.53. The van der Waals surface area contributed by atoms with Gasteiger partial charge in [0.15, 0.2) is 0 Å². The fourth-order valence-electron chi connectivity index (χ4n) is 3.41. The number of anilines is 1. The summed E-state index contributed by atoms with van der Waals surface area (Å²) >= 11 is 5.87. The molecule has 9 heteroatoms. The molecule has 0 saturated heterocycles. The third-order valence-electron chi connectivity index (χ3n) is 4.92. The second-order valence-electron chi connectivity index (χ2n) is 8.25. The van der Waals surface area contributed by atoms with Crippen LogP contribution in [-0.4, -0.2) is 23.8 Å². The molecule has 0 fully saturated rings. The molecule has 1 aromatic heterocycles. The Morgan fingerprint density at radius 3 is 2.41 bits per heavy atom. The predicted molar refractivity (Wildman–Crippen MR) is 129 cm³/mol. The van der Waals surface area contributed by atoms with Crippen molar-refractivity contribution in [1.82, 2.24) is 5.32 Å². The number of rotatable bonds is 8. The zero-order valence-corrected chi connectivity index (χ0v) is 19.8. The number of nitrogens with one attached hydrogen (secondary N) is 2. The fraction of sp³-hybridized carbons (Fsp3) is 0.280. The Labute approximate surface area is 201 Å². The van der Waals surface area contributed by atoms with Gasteiger partial charge in [0.25, 0.3) is 5.91 Å². The van der Waals surface area contributed by atoms with Crippen molar-refractivity contribution in [3.8, 4) is 0 Å². The zero-order chi connectivity index (χ0) is 24.8. The minimum atomic E-state index is -0.874. The number of ether oxygens (including phenoxy) is 1. The number of amides is 2. The van der Waals surface area contributed by atoms with E-state index in [1.807, 2.05) is 13.8 Å². The van der Waals surface area contributed by atoms with Gasteiger partial charge < -0.3 is 19.8 Å². The Hall–Kier alpha value is -3.65. The molecule has 2 N–H and O–H groups in total. The predicted octanol–water partition coefficient (Wildman–Crippen LogP) is 4.29. The van der Waals surface area contributed by atoms with Gasteiger partial charge in [-0.05, 0) is 48.7 Å². The van der Waals surface area contributed by atoms with Gasteiger partial charge in [-0.3, -0.25) is 9.59 Å². The number of esters is 1. The van der Waals surface area contributed by atoms with Crippen LogP contribution in [0.15, 0.2) is 57.7 Å². The van der Waals surface area contributed by atoms with Crippen molar-refractivity contribution < 1.29 is 23.5 Å². The SMILES string of the molecule is CC(=O)Nc1ccc2c(COC(=O)[C@@H](CC(C)C)NC(=O)c3ccc(Cl)cc3)cc(=O)oc2c1. The zero-order valence-electron chi connectivity index (χ0n) is 19.0. The van der Waals surface area contributed by atoms with Crippen LogP contribution < -0.4 is 16.3 Å². The van der Waals surface area contributed by atoms with Gasteiger partial charge in [-0.15, -0.1) is 0 Å². The van der Waals surface area contributed by atoms with Crippen molar-refractivity contribution in [3.63, 3.8) is 0 Å². The Morgan fingerprint density at radius 2 is 1.76 bits per heavy atom. The molecular formula is C25H25ClN2O6. The molecule has 2 amide bonds. The molecule has 0 spiro atoms. The van der Waals surface area contributed by atoms with E-state index in [1.54, 1.807) is 36.4 Å². The molecule has 0 saturated carbocycles. The summed E-state index contributed by atoms with van der Waals surface area (Å²) in [7, 11) is 0. The summed E-state index contributed by atoms with van der Waals surface area (Å²) < 4.78 is 10.7. The first-order chi connectivity index (χ1) is 16.1. The van der Waals surface area contributed by atoms with Gasteiger partial charge in [0.1, 0.15) is 18.2 Å². The number of benzene rings is 2. The van der Waals surface area contributed by atoms with Crippen LogP contribution in [0, 0.1) is 5.92 Å². The molecule has 3 aromatic rings. The first-order valence-electron chi connectivity index (χ1n) is 10.7. The molecule has 8 nitrogen and oxygen atoms in total. The number of hydrogen-bond acceptors (Lipinski definition) is 6. The monoisotopic (exact) mass is 484 g/mol. The first kappa shape index (κ1) is 25.0. The largest absolute Gasteiger partial charge is 0.459 e. The molecule has 0 radical (unpaired) electrons. The van der Waals surface area contributed by atoms with Gasteiger partial charge in [0.2, 0.25) is 5.91 Å². The van der Waals surface area contributed by atoms with Crippen LogP contribution in [0.1, 0.15) is 43.1 Å². The molecule has 2 aromatic carbocycles. The van der Waals surface area contributed by atoms with Crippen LogP contribution >= 0.6 is 11.6 Å². The lowest BCUT2D eigenvalue weighted by Crippen LogP contribution is -2.42. The molecule has 0 bridgehead atoms. The van der Waals surface area contributed by atoms with Crippen LogP contribution in [-0.2, 0) is 20.9 Å². The van der Waals surface area contributed by atoms with E-state index in [-0.39, 0.29) is 24.0 Å². The summed E-state index contributed by atoms with van der Waals surface area (Å²) in [4.78, 5) is 48.8. The summed E-state index contributed by atoms with van der Waals surface area (Å²) in [6.45, 7) is 5.04. The molecule has 0 aliphatic heterocycles. The van der Waals surface area contributed by atoms with Crippen LogP contribution in [0.5, 0.6) is 0 Å². The molecule has 1 atom stereocenters. The highest BCUT2D eigenvalue weighted by Gasteiger charge is 2.24. The lowest BCUT2D eigenvalue weighted by atomic mass is 10.0. The molecule has 3 rings (SSSR count). The van der Waals surface area contributed by atoms with E-state index >= 15 is 0 Å². The van der Waals surface area contributed by atoms with Crippen LogP contribution in [0.2, 0.25) is 5.02 Å². The highest BCUT2D eigenvalue weighted by atomic mass is 35.5. The molecule has 0 unspecified atom stereocenters.